The molecule has 0 aliphatic carbocycles. The Morgan fingerprint density at radius 3 is 2.15 bits per heavy atom. The highest BCUT2D eigenvalue weighted by atomic mass is 32.1. The van der Waals surface area contributed by atoms with Gasteiger partial charge in [0.1, 0.15) is 23.3 Å². The van der Waals surface area contributed by atoms with Crippen LogP contribution < -0.4 is 19.7 Å². The van der Waals surface area contributed by atoms with Gasteiger partial charge in [-0.3, -0.25) is 4.98 Å². The minimum Gasteiger partial charge on any atom is -0.497 e. The van der Waals surface area contributed by atoms with Crippen LogP contribution in [0.5, 0.6) is 17.2 Å². The fourth-order valence-corrected chi connectivity index (χ4v) is 5.37. The highest BCUT2D eigenvalue weighted by Crippen LogP contribution is 2.42. The monoisotopic (exact) mass is 562 g/mol. The van der Waals surface area contributed by atoms with Gasteiger partial charge in [0.25, 0.3) is 0 Å². The molecule has 0 spiro atoms. The molecule has 1 aliphatic heterocycles. The molecular weight excluding hydrogens is 536 g/mol. The molecule has 3 heterocycles. The van der Waals surface area contributed by atoms with Crippen LogP contribution in [0.2, 0.25) is 0 Å². The van der Waals surface area contributed by atoms with Gasteiger partial charge in [0.15, 0.2) is 5.11 Å². The molecule has 8 nitrogen and oxygen atoms in total. The number of aromatic nitrogens is 2. The number of thiocarbonyl (C=S) groups is 1. The Labute approximate surface area is 242 Å². The van der Waals surface area contributed by atoms with E-state index in [2.05, 4.69) is 25.8 Å². The summed E-state index contributed by atoms with van der Waals surface area (Å²) in [5, 5.41) is 13.4. The third-order valence-electron chi connectivity index (χ3n) is 6.98. The molecule has 3 aromatic carbocycles. The normalized spacial score (nSPS) is 16.3. The number of rotatable bonds is 8. The van der Waals surface area contributed by atoms with Crippen LogP contribution in [-0.2, 0) is 0 Å². The van der Waals surface area contributed by atoms with Crippen molar-refractivity contribution in [3.05, 3.63) is 132 Å². The first kappa shape index (κ1) is 26.1. The van der Waals surface area contributed by atoms with E-state index < -0.39 is 5.97 Å². The van der Waals surface area contributed by atoms with Crippen LogP contribution in [0.4, 0.5) is 5.69 Å². The Hall–Kier alpha value is -5.15. The molecule has 204 valence electrons. The first-order chi connectivity index (χ1) is 20.0. The van der Waals surface area contributed by atoms with Gasteiger partial charge in [0, 0.05) is 29.5 Å². The first-order valence-corrected chi connectivity index (χ1v) is 13.4. The molecule has 2 N–H and O–H groups in total. The van der Waals surface area contributed by atoms with Gasteiger partial charge in [0.2, 0.25) is 0 Å². The molecule has 1 fully saturated rings. The maximum atomic E-state index is 11.4. The van der Waals surface area contributed by atoms with Gasteiger partial charge in [-0.05, 0) is 109 Å². The van der Waals surface area contributed by atoms with Crippen molar-refractivity contribution in [2.45, 2.75) is 12.1 Å². The number of benzene rings is 3. The Morgan fingerprint density at radius 1 is 0.854 bits per heavy atom. The average Bonchev–Trinajstić information content (AvgIpc) is 3.63. The van der Waals surface area contributed by atoms with Crippen molar-refractivity contribution < 1.29 is 19.4 Å². The van der Waals surface area contributed by atoms with Crippen molar-refractivity contribution in [2.24, 2.45) is 0 Å². The molecule has 2 aromatic heterocycles. The number of nitrogens with one attached hydrogen (secondary N) is 1. The van der Waals surface area contributed by atoms with E-state index in [0.717, 1.165) is 28.5 Å². The van der Waals surface area contributed by atoms with E-state index in [0.29, 0.717) is 16.6 Å². The van der Waals surface area contributed by atoms with Crippen molar-refractivity contribution in [2.75, 3.05) is 12.0 Å². The molecule has 0 saturated carbocycles. The summed E-state index contributed by atoms with van der Waals surface area (Å²) in [5.74, 6) is 1.20. The fraction of sp³-hybridized carbons (Fsp3) is 0.0938. The van der Waals surface area contributed by atoms with Crippen molar-refractivity contribution in [3.63, 3.8) is 0 Å². The van der Waals surface area contributed by atoms with Crippen molar-refractivity contribution in [3.8, 4) is 22.9 Å². The van der Waals surface area contributed by atoms with Crippen molar-refractivity contribution in [1.29, 1.82) is 0 Å². The molecule has 0 unspecified atom stereocenters. The number of carboxylic acids is 1. The van der Waals surface area contributed by atoms with E-state index in [9.17, 15) is 9.90 Å². The topological polar surface area (TPSA) is 88.9 Å². The second-order valence-electron chi connectivity index (χ2n) is 9.42. The lowest BCUT2D eigenvalue weighted by Crippen LogP contribution is -2.30. The van der Waals surface area contributed by atoms with Crippen LogP contribution in [-0.4, -0.2) is 32.8 Å². The van der Waals surface area contributed by atoms with E-state index in [-0.39, 0.29) is 17.6 Å². The molecule has 6 rings (SSSR count). The Morgan fingerprint density at radius 2 is 1.51 bits per heavy atom. The van der Waals surface area contributed by atoms with E-state index in [4.69, 9.17) is 21.7 Å². The molecule has 1 aliphatic rings. The third-order valence-corrected chi connectivity index (χ3v) is 7.30. The maximum Gasteiger partial charge on any atom is 0.335 e. The number of anilines is 1. The smallest absolute Gasteiger partial charge is 0.335 e. The first-order valence-electron chi connectivity index (χ1n) is 13.0. The molecular formula is C32H26N4O4S. The summed E-state index contributed by atoms with van der Waals surface area (Å²) in [6.45, 7) is 0. The molecule has 0 radical (unpaired) electrons. The van der Waals surface area contributed by atoms with E-state index in [1.807, 2.05) is 79.0 Å². The molecule has 9 heteroatoms. The molecule has 41 heavy (non-hydrogen) atoms. The van der Waals surface area contributed by atoms with Crippen LogP contribution in [0.3, 0.4) is 0 Å². The lowest BCUT2D eigenvalue weighted by molar-refractivity contribution is 0.0697. The lowest BCUT2D eigenvalue weighted by Gasteiger charge is -2.29. The van der Waals surface area contributed by atoms with E-state index >= 15 is 0 Å². The highest BCUT2D eigenvalue weighted by molar-refractivity contribution is 7.80. The molecule has 1 saturated heterocycles. The summed E-state index contributed by atoms with van der Waals surface area (Å²) in [7, 11) is 1.63. The summed E-state index contributed by atoms with van der Waals surface area (Å²) < 4.78 is 13.3. The van der Waals surface area contributed by atoms with Gasteiger partial charge in [-0.1, -0.05) is 6.07 Å². The third kappa shape index (κ3) is 5.22. The van der Waals surface area contributed by atoms with E-state index in [1.54, 1.807) is 37.6 Å². The largest absolute Gasteiger partial charge is 0.497 e. The second kappa shape index (κ2) is 11.1. The number of aromatic carboxylic acids is 1. The highest BCUT2D eigenvalue weighted by Gasteiger charge is 2.42. The summed E-state index contributed by atoms with van der Waals surface area (Å²) in [6.07, 6.45) is 3.74. The number of carboxylic acid groups (broad SMARTS) is 1. The number of ether oxygens (including phenoxy) is 2. The van der Waals surface area contributed by atoms with Gasteiger partial charge in [-0.25, -0.2) is 4.79 Å². The maximum absolute atomic E-state index is 11.4. The summed E-state index contributed by atoms with van der Waals surface area (Å²) >= 11 is 5.89. The van der Waals surface area contributed by atoms with E-state index in [1.165, 1.54) is 0 Å². The molecule has 0 bridgehead atoms. The van der Waals surface area contributed by atoms with Crippen LogP contribution in [0.15, 0.2) is 116 Å². The van der Waals surface area contributed by atoms with Crippen LogP contribution in [0.25, 0.3) is 5.69 Å². The predicted octanol–water partition coefficient (Wildman–Crippen LogP) is 6.55. The quantitative estimate of drug-likeness (QED) is 0.206. The lowest BCUT2D eigenvalue weighted by atomic mass is 10.0. The van der Waals surface area contributed by atoms with Crippen molar-refractivity contribution in [1.82, 2.24) is 14.9 Å². The summed E-state index contributed by atoms with van der Waals surface area (Å²) in [6, 6.07) is 31.4. The number of pyridine rings is 1. The number of hydrogen-bond acceptors (Lipinski definition) is 5. The Bertz CT molecular complexity index is 1670. The van der Waals surface area contributed by atoms with Crippen LogP contribution in [0.1, 0.15) is 33.8 Å². The summed E-state index contributed by atoms with van der Waals surface area (Å²) in [5.41, 5.74) is 3.79. The van der Waals surface area contributed by atoms with Crippen LogP contribution >= 0.6 is 12.2 Å². The minimum absolute atomic E-state index is 0.231. The fourth-order valence-electron chi connectivity index (χ4n) is 5.02. The predicted molar refractivity (Wildman–Crippen MR) is 160 cm³/mol. The molecule has 5 aromatic rings. The Balaban J connectivity index is 1.36. The zero-order chi connectivity index (χ0) is 28.3. The zero-order valence-electron chi connectivity index (χ0n) is 22.0. The number of hydrogen-bond donors (Lipinski definition) is 2. The average molecular weight is 563 g/mol. The summed E-state index contributed by atoms with van der Waals surface area (Å²) in [4.78, 5) is 18.1. The number of nitrogens with zero attached hydrogens (tertiary/aromatic N) is 3. The number of carbonyl (C=O) groups is 1. The SMILES string of the molecule is COc1ccc(Oc2ccc(N3C(=S)N[C@@H](c4ccccn4)[C@H]3c3cccn3-c3ccc(C(=O)O)cc3)cc2)cc1. The molecule has 2 atom stereocenters. The van der Waals surface area contributed by atoms with Gasteiger partial charge in [0.05, 0.1) is 24.4 Å². The van der Waals surface area contributed by atoms with Gasteiger partial charge >= 0.3 is 5.97 Å². The standard InChI is InChI=1S/C32H26N4O4S/c1-39-24-15-17-26(18-16-24)40-25-13-11-23(12-14-25)36-30(29(34-32(36)41)27-5-2-3-19-33-27)28-6-4-20-35(28)22-9-7-21(8-10-22)31(37)38/h2-20,29-30H,1H3,(H,34,41)(H,37,38)/t29-,30+/m0/s1. The van der Waals surface area contributed by atoms with Crippen molar-refractivity contribution >= 4 is 29.0 Å². The van der Waals surface area contributed by atoms with Crippen LogP contribution in [0, 0.1) is 0 Å². The second-order valence-corrected chi connectivity index (χ2v) is 9.81. The Kier molecular flexibility index (Phi) is 7.09. The molecule has 0 amide bonds. The zero-order valence-corrected chi connectivity index (χ0v) is 22.9. The van der Waals surface area contributed by atoms with Gasteiger partial charge in [-0.2, -0.15) is 0 Å². The van der Waals surface area contributed by atoms with Gasteiger partial charge in [-0.15, -0.1) is 0 Å². The minimum atomic E-state index is -0.963. The van der Waals surface area contributed by atoms with Gasteiger partial charge < -0.3 is 29.4 Å². The number of methoxy groups -OCH3 is 1.